The van der Waals surface area contributed by atoms with Crippen LogP contribution in [0.5, 0.6) is 0 Å². The Morgan fingerprint density at radius 3 is 2.70 bits per heavy atom. The van der Waals surface area contributed by atoms with Crippen molar-refractivity contribution in [3.8, 4) is 0 Å². The van der Waals surface area contributed by atoms with Gasteiger partial charge in [-0.3, -0.25) is 10.1 Å². The summed E-state index contributed by atoms with van der Waals surface area (Å²) in [5.74, 6) is -0.701. The summed E-state index contributed by atoms with van der Waals surface area (Å²) in [6, 6.07) is 4.20. The Labute approximate surface area is 117 Å². The van der Waals surface area contributed by atoms with Gasteiger partial charge in [-0.05, 0) is 30.9 Å². The minimum absolute atomic E-state index is 0.0704. The maximum absolute atomic E-state index is 11.1. The standard InChI is InChI=1S/C14H18N2O4/c1-9-4-2-3-5-11(9)15-12-7-6-10(14(17)18)8-13(12)16(19)20/h6-9,11,15H,2-5H2,1H3,(H,17,18)/t9-,11-/m1/s1. The van der Waals surface area contributed by atoms with Crippen molar-refractivity contribution < 1.29 is 14.8 Å². The highest BCUT2D eigenvalue weighted by Crippen LogP contribution is 2.31. The van der Waals surface area contributed by atoms with E-state index in [-0.39, 0.29) is 17.3 Å². The maximum Gasteiger partial charge on any atom is 0.335 e. The number of rotatable bonds is 4. The molecule has 2 atom stereocenters. The smallest absolute Gasteiger partial charge is 0.335 e. The van der Waals surface area contributed by atoms with E-state index in [4.69, 9.17) is 5.11 Å². The van der Waals surface area contributed by atoms with Gasteiger partial charge in [-0.25, -0.2) is 4.79 Å². The first-order chi connectivity index (χ1) is 9.49. The van der Waals surface area contributed by atoms with Crippen LogP contribution in [0.25, 0.3) is 0 Å². The molecule has 1 aliphatic carbocycles. The minimum Gasteiger partial charge on any atom is -0.478 e. The lowest BCUT2D eigenvalue weighted by atomic mass is 9.86. The number of nitro groups is 1. The lowest BCUT2D eigenvalue weighted by molar-refractivity contribution is -0.384. The Morgan fingerprint density at radius 2 is 2.10 bits per heavy atom. The van der Waals surface area contributed by atoms with Gasteiger partial charge in [0.15, 0.2) is 0 Å². The number of hydrogen-bond acceptors (Lipinski definition) is 4. The van der Waals surface area contributed by atoms with E-state index >= 15 is 0 Å². The number of carbonyl (C=O) groups is 1. The van der Waals surface area contributed by atoms with Gasteiger partial charge in [0.1, 0.15) is 5.69 Å². The van der Waals surface area contributed by atoms with Gasteiger partial charge < -0.3 is 10.4 Å². The van der Waals surface area contributed by atoms with Crippen molar-refractivity contribution >= 4 is 17.3 Å². The summed E-state index contributed by atoms with van der Waals surface area (Å²) in [5.41, 5.74) is 0.153. The SMILES string of the molecule is C[C@@H]1CCCC[C@H]1Nc1ccc(C(=O)O)cc1[N+](=O)[O-]. The Hall–Kier alpha value is -2.11. The van der Waals surface area contributed by atoms with Crippen LogP contribution in [0.15, 0.2) is 18.2 Å². The van der Waals surface area contributed by atoms with Gasteiger partial charge in [0.2, 0.25) is 0 Å². The number of nitrogens with one attached hydrogen (secondary N) is 1. The van der Waals surface area contributed by atoms with Crippen molar-refractivity contribution in [3.05, 3.63) is 33.9 Å². The molecular formula is C14H18N2O4. The van der Waals surface area contributed by atoms with Crippen LogP contribution >= 0.6 is 0 Å². The topological polar surface area (TPSA) is 92.5 Å². The molecule has 1 aliphatic rings. The zero-order valence-electron chi connectivity index (χ0n) is 11.3. The first-order valence-electron chi connectivity index (χ1n) is 6.77. The maximum atomic E-state index is 11.1. The van der Waals surface area contributed by atoms with Crippen LogP contribution in [-0.2, 0) is 0 Å². The van der Waals surface area contributed by atoms with E-state index in [2.05, 4.69) is 12.2 Å². The van der Waals surface area contributed by atoms with Gasteiger partial charge in [0.25, 0.3) is 5.69 Å². The summed E-state index contributed by atoms with van der Waals surface area (Å²) >= 11 is 0. The average Bonchev–Trinajstić information content (AvgIpc) is 2.41. The number of anilines is 1. The normalized spacial score (nSPS) is 22.2. The molecule has 6 nitrogen and oxygen atoms in total. The van der Waals surface area contributed by atoms with Crippen LogP contribution in [0.3, 0.4) is 0 Å². The van der Waals surface area contributed by atoms with Gasteiger partial charge in [-0.1, -0.05) is 19.8 Å². The van der Waals surface area contributed by atoms with E-state index in [0.717, 1.165) is 25.3 Å². The molecule has 0 unspecified atom stereocenters. The summed E-state index contributed by atoms with van der Waals surface area (Å²) in [4.78, 5) is 21.4. The number of hydrogen-bond donors (Lipinski definition) is 2. The lowest BCUT2D eigenvalue weighted by Crippen LogP contribution is -2.30. The Morgan fingerprint density at radius 1 is 1.40 bits per heavy atom. The fraction of sp³-hybridized carbons (Fsp3) is 0.500. The Kier molecular flexibility index (Phi) is 4.22. The molecule has 2 N–H and O–H groups in total. The quantitative estimate of drug-likeness (QED) is 0.651. The minimum atomic E-state index is -1.16. The molecule has 1 fully saturated rings. The number of carboxylic acids is 1. The Balaban J connectivity index is 2.26. The Bertz CT molecular complexity index is 530. The third-order valence-electron chi connectivity index (χ3n) is 3.89. The molecule has 0 radical (unpaired) electrons. The number of benzene rings is 1. The largest absolute Gasteiger partial charge is 0.478 e. The number of nitrogens with zero attached hydrogens (tertiary/aromatic N) is 1. The van der Waals surface area contributed by atoms with Crippen LogP contribution in [-0.4, -0.2) is 22.0 Å². The van der Waals surface area contributed by atoms with Crippen LogP contribution in [0.1, 0.15) is 43.0 Å². The third kappa shape index (κ3) is 3.07. The van der Waals surface area contributed by atoms with Crippen LogP contribution in [0, 0.1) is 16.0 Å². The van der Waals surface area contributed by atoms with Crippen LogP contribution < -0.4 is 5.32 Å². The second-order valence-electron chi connectivity index (χ2n) is 5.31. The van der Waals surface area contributed by atoms with Gasteiger partial charge in [0, 0.05) is 12.1 Å². The van der Waals surface area contributed by atoms with E-state index in [9.17, 15) is 14.9 Å². The number of nitro benzene ring substituents is 1. The molecule has 6 heteroatoms. The zero-order chi connectivity index (χ0) is 14.7. The average molecular weight is 278 g/mol. The highest BCUT2D eigenvalue weighted by Gasteiger charge is 2.24. The fourth-order valence-corrected chi connectivity index (χ4v) is 2.67. The van der Waals surface area contributed by atoms with E-state index < -0.39 is 10.9 Å². The fourth-order valence-electron chi connectivity index (χ4n) is 2.67. The molecule has 1 aromatic carbocycles. The van der Waals surface area contributed by atoms with Gasteiger partial charge in [-0.2, -0.15) is 0 Å². The summed E-state index contributed by atoms with van der Waals surface area (Å²) < 4.78 is 0. The second kappa shape index (κ2) is 5.90. The molecule has 2 rings (SSSR count). The van der Waals surface area contributed by atoms with Crippen molar-refractivity contribution in [1.82, 2.24) is 0 Å². The molecule has 20 heavy (non-hydrogen) atoms. The lowest BCUT2D eigenvalue weighted by Gasteiger charge is -2.30. The molecule has 0 aliphatic heterocycles. The summed E-state index contributed by atoms with van der Waals surface area (Å²) in [5, 5.41) is 23.2. The summed E-state index contributed by atoms with van der Waals surface area (Å²) in [6.07, 6.45) is 4.40. The van der Waals surface area contributed by atoms with Crippen molar-refractivity contribution in [3.63, 3.8) is 0 Å². The predicted octanol–water partition coefficient (Wildman–Crippen LogP) is 3.28. The third-order valence-corrected chi connectivity index (χ3v) is 3.89. The van der Waals surface area contributed by atoms with Crippen LogP contribution in [0.2, 0.25) is 0 Å². The van der Waals surface area contributed by atoms with E-state index in [0.29, 0.717) is 11.6 Å². The highest BCUT2D eigenvalue weighted by atomic mass is 16.6. The van der Waals surface area contributed by atoms with Crippen LogP contribution in [0.4, 0.5) is 11.4 Å². The molecule has 0 aromatic heterocycles. The van der Waals surface area contributed by atoms with E-state index in [1.54, 1.807) is 0 Å². The van der Waals surface area contributed by atoms with Gasteiger partial charge in [0.05, 0.1) is 10.5 Å². The highest BCUT2D eigenvalue weighted by molar-refractivity contribution is 5.89. The molecule has 108 valence electrons. The van der Waals surface area contributed by atoms with Gasteiger partial charge >= 0.3 is 5.97 Å². The molecule has 0 spiro atoms. The molecule has 0 bridgehead atoms. The molecule has 0 amide bonds. The molecule has 1 saturated carbocycles. The molecular weight excluding hydrogens is 260 g/mol. The number of carboxylic acid groups (broad SMARTS) is 1. The number of aromatic carboxylic acids is 1. The monoisotopic (exact) mass is 278 g/mol. The summed E-state index contributed by atoms with van der Waals surface area (Å²) in [7, 11) is 0. The van der Waals surface area contributed by atoms with Crippen molar-refractivity contribution in [2.75, 3.05) is 5.32 Å². The molecule has 0 heterocycles. The van der Waals surface area contributed by atoms with E-state index in [1.807, 2.05) is 0 Å². The van der Waals surface area contributed by atoms with E-state index in [1.165, 1.54) is 18.6 Å². The van der Waals surface area contributed by atoms with Crippen molar-refractivity contribution in [2.24, 2.45) is 5.92 Å². The van der Waals surface area contributed by atoms with Gasteiger partial charge in [-0.15, -0.1) is 0 Å². The summed E-state index contributed by atoms with van der Waals surface area (Å²) in [6.45, 7) is 2.13. The zero-order valence-corrected chi connectivity index (χ0v) is 11.3. The van der Waals surface area contributed by atoms with Crippen molar-refractivity contribution in [2.45, 2.75) is 38.6 Å². The predicted molar refractivity (Wildman–Crippen MR) is 75.1 cm³/mol. The second-order valence-corrected chi connectivity index (χ2v) is 5.31. The molecule has 0 saturated heterocycles. The van der Waals surface area contributed by atoms with Crippen molar-refractivity contribution in [1.29, 1.82) is 0 Å². The first kappa shape index (κ1) is 14.3. The first-order valence-corrected chi connectivity index (χ1v) is 6.77. The molecule has 1 aromatic rings.